The third kappa shape index (κ3) is 10.8. The van der Waals surface area contributed by atoms with E-state index in [1.165, 1.54) is 0 Å². The molecule has 1 atom stereocenters. The monoisotopic (exact) mass is 247 g/mol. The summed E-state index contributed by atoms with van der Waals surface area (Å²) in [7, 11) is 1.59. The van der Waals surface area contributed by atoms with E-state index in [2.05, 4.69) is 19.5 Å². The molecule has 0 radical (unpaired) electrons. The van der Waals surface area contributed by atoms with Crippen molar-refractivity contribution in [2.24, 2.45) is 5.11 Å². The van der Waals surface area contributed by atoms with Crippen LogP contribution in [0.15, 0.2) is 5.11 Å². The number of carbonyl (C=O) groups excluding carboxylic acids is 1. The maximum absolute atomic E-state index is 10.9. The highest BCUT2D eigenvalue weighted by molar-refractivity contribution is 5.59. The van der Waals surface area contributed by atoms with Crippen LogP contribution >= 0.6 is 0 Å². The number of nitrogens with zero attached hydrogens (tertiary/aromatic N) is 3. The second kappa shape index (κ2) is 11.0. The molecule has 0 fully saturated rings. The summed E-state index contributed by atoms with van der Waals surface area (Å²) >= 11 is 0. The van der Waals surface area contributed by atoms with Crippen molar-refractivity contribution in [1.82, 2.24) is 0 Å². The van der Waals surface area contributed by atoms with Gasteiger partial charge in [-0.2, -0.15) is 0 Å². The Kier molecular flexibility index (Phi) is 10.0. The minimum atomic E-state index is -0.804. The second-order valence-corrected chi connectivity index (χ2v) is 3.02. The smallest absolute Gasteiger partial charge is 0.434 e. The van der Waals surface area contributed by atoms with Gasteiger partial charge in [0.1, 0.15) is 13.2 Å². The van der Waals surface area contributed by atoms with Crippen LogP contribution in [0.4, 0.5) is 4.79 Å². The van der Waals surface area contributed by atoms with Crippen LogP contribution in [0.2, 0.25) is 0 Å². The largest absolute Gasteiger partial charge is 0.508 e. The standard InChI is InChI=1S/C9H17N3O5/c1-8(14-2)7-15-5-6-17-9(13)16-4-3-11-12-10/h8H,3-7H2,1-2H3. The van der Waals surface area contributed by atoms with E-state index in [4.69, 9.17) is 15.0 Å². The van der Waals surface area contributed by atoms with Crippen molar-refractivity contribution < 1.29 is 23.7 Å². The first-order valence-corrected chi connectivity index (χ1v) is 5.11. The van der Waals surface area contributed by atoms with Crippen LogP contribution in [-0.2, 0) is 18.9 Å². The van der Waals surface area contributed by atoms with Crippen molar-refractivity contribution in [1.29, 1.82) is 0 Å². The van der Waals surface area contributed by atoms with E-state index in [1.807, 2.05) is 6.92 Å². The zero-order valence-electron chi connectivity index (χ0n) is 10.00. The molecule has 0 aromatic carbocycles. The average molecular weight is 247 g/mol. The van der Waals surface area contributed by atoms with Crippen LogP contribution < -0.4 is 0 Å². The lowest BCUT2D eigenvalue weighted by Crippen LogP contribution is -2.18. The SMILES string of the molecule is COC(C)COCCOC(=O)OCCN=[N+]=[N-]. The Morgan fingerprint density at radius 2 is 2.06 bits per heavy atom. The number of carbonyl (C=O) groups is 1. The minimum Gasteiger partial charge on any atom is -0.434 e. The van der Waals surface area contributed by atoms with Gasteiger partial charge in [-0.05, 0) is 12.5 Å². The quantitative estimate of drug-likeness (QED) is 0.202. The van der Waals surface area contributed by atoms with Crippen LogP contribution in [0.1, 0.15) is 6.92 Å². The molecule has 0 heterocycles. The van der Waals surface area contributed by atoms with Crippen molar-refractivity contribution in [2.75, 3.05) is 40.1 Å². The second-order valence-electron chi connectivity index (χ2n) is 3.02. The van der Waals surface area contributed by atoms with E-state index in [1.54, 1.807) is 7.11 Å². The van der Waals surface area contributed by atoms with Gasteiger partial charge in [0.05, 0.1) is 25.9 Å². The van der Waals surface area contributed by atoms with Gasteiger partial charge in [0.25, 0.3) is 0 Å². The fraction of sp³-hybridized carbons (Fsp3) is 0.889. The molecule has 98 valence electrons. The summed E-state index contributed by atoms with van der Waals surface area (Å²) in [6.07, 6.45) is -0.799. The van der Waals surface area contributed by atoms with Crippen LogP contribution in [0.25, 0.3) is 10.4 Å². The molecule has 0 aromatic heterocycles. The van der Waals surface area contributed by atoms with Gasteiger partial charge in [-0.15, -0.1) is 0 Å². The lowest BCUT2D eigenvalue weighted by atomic mass is 10.4. The molecule has 0 aliphatic heterocycles. The molecular weight excluding hydrogens is 230 g/mol. The molecule has 0 amide bonds. The topological polar surface area (TPSA) is 103 Å². The number of ether oxygens (including phenoxy) is 4. The predicted octanol–water partition coefficient (Wildman–Crippen LogP) is 1.50. The number of rotatable bonds is 9. The first-order valence-electron chi connectivity index (χ1n) is 5.11. The van der Waals surface area contributed by atoms with Gasteiger partial charge in [0.15, 0.2) is 0 Å². The maximum Gasteiger partial charge on any atom is 0.508 e. The molecule has 0 saturated heterocycles. The van der Waals surface area contributed by atoms with E-state index in [0.29, 0.717) is 6.61 Å². The van der Waals surface area contributed by atoms with E-state index in [0.717, 1.165) is 0 Å². The van der Waals surface area contributed by atoms with Gasteiger partial charge < -0.3 is 18.9 Å². The molecular formula is C9H17N3O5. The number of hydrogen-bond acceptors (Lipinski definition) is 6. The molecule has 0 spiro atoms. The fourth-order valence-corrected chi connectivity index (χ4v) is 0.757. The highest BCUT2D eigenvalue weighted by atomic mass is 16.7. The summed E-state index contributed by atoms with van der Waals surface area (Å²) < 4.78 is 19.4. The predicted molar refractivity (Wildman–Crippen MR) is 58.6 cm³/mol. The van der Waals surface area contributed by atoms with Crippen molar-refractivity contribution >= 4 is 6.16 Å². The van der Waals surface area contributed by atoms with Gasteiger partial charge >= 0.3 is 6.16 Å². The van der Waals surface area contributed by atoms with E-state index >= 15 is 0 Å². The van der Waals surface area contributed by atoms with Crippen molar-refractivity contribution in [3.05, 3.63) is 10.4 Å². The molecule has 0 aliphatic carbocycles. The van der Waals surface area contributed by atoms with Crippen LogP contribution in [0.3, 0.4) is 0 Å². The maximum atomic E-state index is 10.9. The van der Waals surface area contributed by atoms with Crippen molar-refractivity contribution in [3.8, 4) is 0 Å². The molecule has 17 heavy (non-hydrogen) atoms. The molecule has 1 unspecified atom stereocenters. The Morgan fingerprint density at radius 3 is 2.71 bits per heavy atom. The number of azide groups is 1. The van der Waals surface area contributed by atoms with Gasteiger partial charge in [-0.25, -0.2) is 4.79 Å². The number of methoxy groups -OCH3 is 1. The molecule has 0 N–H and O–H groups in total. The molecule has 0 rings (SSSR count). The van der Waals surface area contributed by atoms with Gasteiger partial charge in [-0.1, -0.05) is 5.11 Å². The fourth-order valence-electron chi connectivity index (χ4n) is 0.757. The lowest BCUT2D eigenvalue weighted by Gasteiger charge is -2.10. The van der Waals surface area contributed by atoms with E-state index in [-0.39, 0.29) is 32.5 Å². The zero-order chi connectivity index (χ0) is 12.9. The Bertz CT molecular complexity index is 255. The molecule has 8 nitrogen and oxygen atoms in total. The summed E-state index contributed by atoms with van der Waals surface area (Å²) in [5, 5.41) is 3.19. The minimum absolute atomic E-state index is 0.00442. The molecule has 8 heteroatoms. The zero-order valence-corrected chi connectivity index (χ0v) is 10.00. The first-order chi connectivity index (χ1) is 8.20. The molecule has 0 bridgehead atoms. The third-order valence-electron chi connectivity index (χ3n) is 1.68. The van der Waals surface area contributed by atoms with E-state index in [9.17, 15) is 4.79 Å². The van der Waals surface area contributed by atoms with Crippen molar-refractivity contribution in [3.63, 3.8) is 0 Å². The Labute approximate surface area is 99.4 Å². The van der Waals surface area contributed by atoms with Crippen LogP contribution in [0.5, 0.6) is 0 Å². The van der Waals surface area contributed by atoms with Crippen LogP contribution in [-0.4, -0.2) is 52.3 Å². The summed E-state index contributed by atoms with van der Waals surface area (Å²) in [5.74, 6) is 0. The highest BCUT2D eigenvalue weighted by Gasteiger charge is 2.03. The van der Waals surface area contributed by atoms with Gasteiger partial charge in [-0.3, -0.25) is 0 Å². The Morgan fingerprint density at radius 1 is 1.35 bits per heavy atom. The first kappa shape index (κ1) is 15.5. The van der Waals surface area contributed by atoms with Crippen LogP contribution in [0, 0.1) is 0 Å². The number of hydrogen-bond donors (Lipinski definition) is 0. The summed E-state index contributed by atoms with van der Waals surface area (Å²) in [4.78, 5) is 13.4. The normalized spacial score (nSPS) is 11.4. The highest BCUT2D eigenvalue weighted by Crippen LogP contribution is 1.90. The Balaban J connectivity index is 3.30. The summed E-state index contributed by atoms with van der Waals surface area (Å²) in [5.41, 5.74) is 7.96. The summed E-state index contributed by atoms with van der Waals surface area (Å²) in [6, 6.07) is 0. The lowest BCUT2D eigenvalue weighted by molar-refractivity contribution is -0.00691. The summed E-state index contributed by atoms with van der Waals surface area (Å²) in [6.45, 7) is 2.78. The van der Waals surface area contributed by atoms with Crippen molar-refractivity contribution in [2.45, 2.75) is 13.0 Å². The molecule has 0 aromatic rings. The Hall–Kier alpha value is -1.50. The van der Waals surface area contributed by atoms with E-state index < -0.39 is 6.16 Å². The van der Waals surface area contributed by atoms with Gasteiger partial charge in [0.2, 0.25) is 0 Å². The molecule has 0 aliphatic rings. The third-order valence-corrected chi connectivity index (χ3v) is 1.68. The average Bonchev–Trinajstić information content (AvgIpc) is 2.34. The van der Waals surface area contributed by atoms with Gasteiger partial charge in [0, 0.05) is 12.0 Å². The molecule has 0 saturated carbocycles.